The molecule has 1 aromatic rings. The monoisotopic (exact) mass is 271 g/mol. The Morgan fingerprint density at radius 3 is 2.83 bits per heavy atom. The van der Waals surface area contributed by atoms with E-state index in [0.29, 0.717) is 11.4 Å². The largest absolute Gasteiger partial charge is 0.356 e. The predicted octanol–water partition coefficient (Wildman–Crippen LogP) is 2.49. The van der Waals surface area contributed by atoms with Gasteiger partial charge >= 0.3 is 0 Å². The van der Waals surface area contributed by atoms with Crippen LogP contribution in [-0.2, 0) is 5.88 Å². The fourth-order valence-electron chi connectivity index (χ4n) is 2.24. The first kappa shape index (κ1) is 13.6. The van der Waals surface area contributed by atoms with Crippen LogP contribution in [0, 0.1) is 5.82 Å². The number of pyridine rings is 1. The number of hydrogen-bond acceptors (Lipinski definition) is 3. The fourth-order valence-corrected chi connectivity index (χ4v) is 2.45. The van der Waals surface area contributed by atoms with Crippen LogP contribution >= 0.6 is 11.6 Å². The summed E-state index contributed by atoms with van der Waals surface area (Å²) in [6, 6.07) is 1.63. The molecular formula is C13H19ClFN3. The molecule has 2 rings (SSSR count). The average Bonchev–Trinajstić information content (AvgIpc) is 2.89. The third-order valence-corrected chi connectivity index (χ3v) is 3.69. The van der Waals surface area contributed by atoms with E-state index < -0.39 is 0 Å². The predicted molar refractivity (Wildman–Crippen MR) is 72.7 cm³/mol. The van der Waals surface area contributed by atoms with Crippen molar-refractivity contribution in [2.75, 3.05) is 38.1 Å². The summed E-state index contributed by atoms with van der Waals surface area (Å²) in [7, 11) is 1.87. The van der Waals surface area contributed by atoms with Crippen LogP contribution in [-0.4, -0.2) is 43.1 Å². The highest BCUT2D eigenvalue weighted by molar-refractivity contribution is 6.17. The maximum Gasteiger partial charge on any atom is 0.170 e. The van der Waals surface area contributed by atoms with E-state index in [2.05, 4.69) is 9.88 Å². The molecule has 0 bridgehead atoms. The van der Waals surface area contributed by atoms with Crippen LogP contribution in [0.1, 0.15) is 18.4 Å². The highest BCUT2D eigenvalue weighted by Gasteiger charge is 2.15. The van der Waals surface area contributed by atoms with Gasteiger partial charge in [0.1, 0.15) is 0 Å². The maximum absolute atomic E-state index is 14.0. The average molecular weight is 272 g/mol. The highest BCUT2D eigenvalue weighted by Crippen LogP contribution is 2.19. The summed E-state index contributed by atoms with van der Waals surface area (Å²) >= 11 is 5.70. The molecule has 0 amide bonds. The van der Waals surface area contributed by atoms with Crippen molar-refractivity contribution < 1.29 is 4.39 Å². The lowest BCUT2D eigenvalue weighted by atomic mass is 10.2. The molecule has 18 heavy (non-hydrogen) atoms. The van der Waals surface area contributed by atoms with Gasteiger partial charge in [0.25, 0.3) is 0 Å². The number of hydrogen-bond donors (Lipinski definition) is 0. The van der Waals surface area contributed by atoms with E-state index in [0.717, 1.165) is 26.2 Å². The number of alkyl halides is 1. The van der Waals surface area contributed by atoms with Gasteiger partial charge < -0.3 is 9.80 Å². The van der Waals surface area contributed by atoms with E-state index in [1.807, 2.05) is 11.9 Å². The molecule has 0 spiro atoms. The standard InChI is InChI=1S/C13H19ClFN3/c1-17(8-9-18-6-2-3-7-18)13-12(15)11(10-14)4-5-16-13/h4-5H,2-3,6-10H2,1H3. The summed E-state index contributed by atoms with van der Waals surface area (Å²) in [6.07, 6.45) is 4.17. The minimum atomic E-state index is -0.295. The van der Waals surface area contributed by atoms with Crippen LogP contribution in [0.15, 0.2) is 12.3 Å². The third kappa shape index (κ3) is 3.12. The van der Waals surface area contributed by atoms with Gasteiger partial charge in [0.05, 0.1) is 5.88 Å². The maximum atomic E-state index is 14.0. The third-order valence-electron chi connectivity index (χ3n) is 3.41. The van der Waals surface area contributed by atoms with Crippen molar-refractivity contribution in [2.24, 2.45) is 0 Å². The van der Waals surface area contributed by atoms with Gasteiger partial charge in [0.2, 0.25) is 0 Å². The van der Waals surface area contributed by atoms with Crippen molar-refractivity contribution in [3.8, 4) is 0 Å². The van der Waals surface area contributed by atoms with Crippen LogP contribution in [0.2, 0.25) is 0 Å². The minimum absolute atomic E-state index is 0.182. The molecule has 0 N–H and O–H groups in total. The number of likely N-dealkylation sites (N-methyl/N-ethyl adjacent to an activating group) is 1. The zero-order chi connectivity index (χ0) is 13.0. The zero-order valence-corrected chi connectivity index (χ0v) is 11.5. The van der Waals surface area contributed by atoms with E-state index in [1.54, 1.807) is 12.3 Å². The summed E-state index contributed by atoms with van der Waals surface area (Å²) in [4.78, 5) is 8.37. The molecule has 3 nitrogen and oxygen atoms in total. The molecule has 0 aliphatic carbocycles. The quantitative estimate of drug-likeness (QED) is 0.767. The van der Waals surface area contributed by atoms with Crippen LogP contribution in [0.5, 0.6) is 0 Å². The molecule has 0 saturated carbocycles. The van der Waals surface area contributed by atoms with Crippen molar-refractivity contribution in [1.29, 1.82) is 0 Å². The van der Waals surface area contributed by atoms with Crippen LogP contribution in [0.25, 0.3) is 0 Å². The second kappa shape index (κ2) is 6.34. The van der Waals surface area contributed by atoms with E-state index in [1.165, 1.54) is 12.8 Å². The number of likely N-dealkylation sites (tertiary alicyclic amines) is 1. The summed E-state index contributed by atoms with van der Waals surface area (Å²) in [6.45, 7) is 4.06. The number of rotatable bonds is 5. The van der Waals surface area contributed by atoms with Crippen LogP contribution in [0.4, 0.5) is 10.2 Å². The fraction of sp³-hybridized carbons (Fsp3) is 0.615. The molecular weight excluding hydrogens is 253 g/mol. The topological polar surface area (TPSA) is 19.4 Å². The van der Waals surface area contributed by atoms with Gasteiger partial charge in [-0.15, -0.1) is 11.6 Å². The number of anilines is 1. The van der Waals surface area contributed by atoms with E-state index >= 15 is 0 Å². The lowest BCUT2D eigenvalue weighted by Crippen LogP contribution is -2.32. The Hall–Kier alpha value is -0.870. The molecule has 1 aromatic heterocycles. The van der Waals surface area contributed by atoms with E-state index in [4.69, 9.17) is 11.6 Å². The Morgan fingerprint density at radius 1 is 1.44 bits per heavy atom. The normalized spacial score (nSPS) is 16.2. The lowest BCUT2D eigenvalue weighted by molar-refractivity contribution is 0.346. The molecule has 100 valence electrons. The van der Waals surface area contributed by atoms with Gasteiger partial charge in [-0.05, 0) is 32.0 Å². The van der Waals surface area contributed by atoms with Crippen molar-refractivity contribution >= 4 is 17.4 Å². The summed E-state index contributed by atoms with van der Waals surface area (Å²) < 4.78 is 14.0. The summed E-state index contributed by atoms with van der Waals surface area (Å²) in [5.41, 5.74) is 0.509. The number of halogens is 2. The van der Waals surface area contributed by atoms with Crippen LogP contribution < -0.4 is 4.90 Å². The summed E-state index contributed by atoms with van der Waals surface area (Å²) in [5, 5.41) is 0. The van der Waals surface area contributed by atoms with Gasteiger partial charge in [-0.3, -0.25) is 0 Å². The molecule has 5 heteroatoms. The molecule has 0 unspecified atom stereocenters. The van der Waals surface area contributed by atoms with Crippen molar-refractivity contribution in [1.82, 2.24) is 9.88 Å². The molecule has 0 atom stereocenters. The first-order valence-electron chi connectivity index (χ1n) is 6.35. The molecule has 1 saturated heterocycles. The second-order valence-corrected chi connectivity index (χ2v) is 4.98. The Morgan fingerprint density at radius 2 is 2.17 bits per heavy atom. The molecule has 1 fully saturated rings. The van der Waals surface area contributed by atoms with Gasteiger partial charge in [-0.1, -0.05) is 0 Å². The first-order chi connectivity index (χ1) is 8.72. The lowest BCUT2D eigenvalue weighted by Gasteiger charge is -2.23. The van der Waals surface area contributed by atoms with Gasteiger partial charge in [-0.25, -0.2) is 9.37 Å². The highest BCUT2D eigenvalue weighted by atomic mass is 35.5. The number of nitrogens with zero attached hydrogens (tertiary/aromatic N) is 3. The van der Waals surface area contributed by atoms with Crippen molar-refractivity contribution in [2.45, 2.75) is 18.7 Å². The van der Waals surface area contributed by atoms with E-state index in [-0.39, 0.29) is 11.7 Å². The smallest absolute Gasteiger partial charge is 0.170 e. The van der Waals surface area contributed by atoms with Crippen molar-refractivity contribution in [3.63, 3.8) is 0 Å². The zero-order valence-electron chi connectivity index (χ0n) is 10.7. The minimum Gasteiger partial charge on any atom is -0.356 e. The first-order valence-corrected chi connectivity index (χ1v) is 6.88. The van der Waals surface area contributed by atoms with Crippen molar-refractivity contribution in [3.05, 3.63) is 23.6 Å². The molecule has 1 aliphatic rings. The number of aromatic nitrogens is 1. The van der Waals surface area contributed by atoms with Gasteiger partial charge in [0, 0.05) is 31.9 Å². The Bertz CT molecular complexity index is 394. The Balaban J connectivity index is 1.97. The SMILES string of the molecule is CN(CCN1CCCC1)c1nccc(CCl)c1F. The van der Waals surface area contributed by atoms with Gasteiger partial charge in [-0.2, -0.15) is 0 Å². The van der Waals surface area contributed by atoms with E-state index in [9.17, 15) is 4.39 Å². The van der Waals surface area contributed by atoms with Gasteiger partial charge in [0.15, 0.2) is 11.6 Å². The molecule has 2 heterocycles. The van der Waals surface area contributed by atoms with Crippen LogP contribution in [0.3, 0.4) is 0 Å². The molecule has 0 aromatic carbocycles. The Labute approximate surface area is 113 Å². The molecule has 1 aliphatic heterocycles. The molecule has 0 radical (unpaired) electrons. The Kier molecular flexibility index (Phi) is 4.78. The summed E-state index contributed by atoms with van der Waals surface area (Å²) in [5.74, 6) is 0.283. The second-order valence-electron chi connectivity index (χ2n) is 4.71.